The predicted molar refractivity (Wildman–Crippen MR) is 180 cm³/mol. The number of benzene rings is 1. The van der Waals surface area contributed by atoms with E-state index in [0.717, 1.165) is 11.4 Å². The molecule has 3 heterocycles. The van der Waals surface area contributed by atoms with Gasteiger partial charge in [-0.2, -0.15) is 0 Å². The Balaban J connectivity index is 0.000000665. The SMILES string of the molecule is CCOP(=O)(CN1CCN(c2cc(Nc3ncc(C(=O)Nc4c(C)cccc4Cl)s3)nc(C)n2)CC1)OCC.O=C(O)/C=C/C(=O)O. The first kappa shape index (κ1) is 37.5. The molecule has 1 aliphatic rings. The zero-order chi connectivity index (χ0) is 34.6. The number of aromatic nitrogens is 3. The molecule has 1 saturated heterocycles. The molecule has 0 radical (unpaired) electrons. The first-order valence-electron chi connectivity index (χ1n) is 14.5. The molecule has 0 atom stereocenters. The van der Waals surface area contributed by atoms with E-state index in [-0.39, 0.29) is 12.2 Å². The van der Waals surface area contributed by atoms with Gasteiger partial charge in [-0.15, -0.1) is 0 Å². The number of rotatable bonds is 13. The average Bonchev–Trinajstić information content (AvgIpc) is 3.47. The van der Waals surface area contributed by atoms with E-state index in [2.05, 4.69) is 35.4 Å². The quantitative estimate of drug-likeness (QED) is 0.132. The number of thiazole rings is 1. The van der Waals surface area contributed by atoms with Crippen LogP contribution >= 0.6 is 30.5 Å². The molecule has 0 spiro atoms. The molecule has 18 heteroatoms. The van der Waals surface area contributed by atoms with Crippen LogP contribution in [-0.4, -0.2) is 93.6 Å². The fourth-order valence-electron chi connectivity index (χ4n) is 4.31. The molecule has 1 aliphatic heterocycles. The number of carboxylic acid groups (broad SMARTS) is 2. The summed E-state index contributed by atoms with van der Waals surface area (Å²) in [5.41, 5.74) is 1.46. The van der Waals surface area contributed by atoms with Crippen molar-refractivity contribution in [2.75, 3.05) is 61.2 Å². The van der Waals surface area contributed by atoms with Gasteiger partial charge in [0.25, 0.3) is 5.91 Å². The number of aryl methyl sites for hydroxylation is 2. The van der Waals surface area contributed by atoms with Gasteiger partial charge in [0.2, 0.25) is 0 Å². The molecule has 0 bridgehead atoms. The highest BCUT2D eigenvalue weighted by Crippen LogP contribution is 2.48. The number of hydrogen-bond donors (Lipinski definition) is 4. The summed E-state index contributed by atoms with van der Waals surface area (Å²) < 4.78 is 23.8. The Labute approximate surface area is 281 Å². The minimum atomic E-state index is -3.13. The Kier molecular flexibility index (Phi) is 14.3. The summed E-state index contributed by atoms with van der Waals surface area (Å²) in [6, 6.07) is 7.32. The molecular weight excluding hydrogens is 673 g/mol. The highest BCUT2D eigenvalue weighted by Gasteiger charge is 2.29. The zero-order valence-electron chi connectivity index (χ0n) is 26.3. The molecule has 1 aromatic carbocycles. The summed E-state index contributed by atoms with van der Waals surface area (Å²) in [6.07, 6.45) is 2.91. The molecule has 4 N–H and O–H groups in total. The number of aliphatic carboxylic acids is 2. The molecule has 254 valence electrons. The number of anilines is 4. The van der Waals surface area contributed by atoms with Crippen LogP contribution in [0.25, 0.3) is 0 Å². The molecule has 2 aromatic heterocycles. The third-order valence-electron chi connectivity index (χ3n) is 6.34. The van der Waals surface area contributed by atoms with Gasteiger partial charge in [-0.25, -0.2) is 24.5 Å². The van der Waals surface area contributed by atoms with Gasteiger partial charge >= 0.3 is 19.5 Å². The molecule has 1 amide bonds. The molecule has 47 heavy (non-hydrogen) atoms. The van der Waals surface area contributed by atoms with E-state index in [1.807, 2.05) is 45.9 Å². The first-order chi connectivity index (χ1) is 22.3. The van der Waals surface area contributed by atoms with Gasteiger partial charge < -0.3 is 34.8 Å². The predicted octanol–water partition coefficient (Wildman–Crippen LogP) is 5.26. The molecule has 15 nitrogen and oxygen atoms in total. The monoisotopic (exact) mass is 709 g/mol. The summed E-state index contributed by atoms with van der Waals surface area (Å²) in [4.78, 5) is 50.1. The van der Waals surface area contributed by atoms with Gasteiger partial charge in [-0.05, 0) is 39.3 Å². The molecule has 0 aliphatic carbocycles. The highest BCUT2D eigenvalue weighted by molar-refractivity contribution is 7.53. The van der Waals surface area contributed by atoms with E-state index >= 15 is 0 Å². The normalized spacial score (nSPS) is 13.6. The summed E-state index contributed by atoms with van der Waals surface area (Å²) in [7, 11) is -3.13. The summed E-state index contributed by atoms with van der Waals surface area (Å²) in [5, 5.41) is 22.7. The van der Waals surface area contributed by atoms with Crippen LogP contribution in [0.1, 0.15) is 34.9 Å². The van der Waals surface area contributed by atoms with Crippen LogP contribution in [0.5, 0.6) is 0 Å². The number of amides is 1. The number of carbonyl (C=O) groups excluding carboxylic acids is 1. The number of nitrogens with zero attached hydrogens (tertiary/aromatic N) is 5. The number of hydrogen-bond acceptors (Lipinski definition) is 13. The van der Waals surface area contributed by atoms with Crippen molar-refractivity contribution in [2.24, 2.45) is 0 Å². The third kappa shape index (κ3) is 12.0. The fraction of sp³-hybridized carbons (Fsp3) is 0.379. The van der Waals surface area contributed by atoms with Crippen LogP contribution in [0.15, 0.2) is 42.6 Å². The van der Waals surface area contributed by atoms with Gasteiger partial charge in [0.1, 0.15) is 28.6 Å². The fourth-order valence-corrected chi connectivity index (χ4v) is 7.09. The van der Waals surface area contributed by atoms with Crippen molar-refractivity contribution in [3.05, 3.63) is 63.9 Å². The van der Waals surface area contributed by atoms with Crippen LogP contribution in [0.3, 0.4) is 0 Å². The second-order valence-corrected chi connectivity index (χ2v) is 13.4. The number of piperazine rings is 1. The topological polar surface area (TPSA) is 196 Å². The molecule has 1 fully saturated rings. The molecule has 0 unspecified atom stereocenters. The van der Waals surface area contributed by atoms with E-state index in [9.17, 15) is 18.9 Å². The molecular formula is C29H37ClN7O8PS. The minimum absolute atomic E-state index is 0.272. The maximum absolute atomic E-state index is 12.9. The van der Waals surface area contributed by atoms with E-state index < -0.39 is 19.5 Å². The molecule has 0 saturated carbocycles. The largest absolute Gasteiger partial charge is 0.478 e. The second kappa shape index (κ2) is 17.8. The summed E-state index contributed by atoms with van der Waals surface area (Å²) >= 11 is 7.46. The van der Waals surface area contributed by atoms with Gasteiger partial charge in [-0.1, -0.05) is 35.1 Å². The van der Waals surface area contributed by atoms with Gasteiger partial charge in [0.15, 0.2) is 5.13 Å². The van der Waals surface area contributed by atoms with E-state index in [0.29, 0.717) is 83.9 Å². The number of carboxylic acids is 2. The standard InChI is InChI=1S/C25H33ClN7O4PS.C4H4O4/c1-5-36-38(35,37-6-2)16-32-10-12-33(13-11-32)22-14-21(28-18(4)29-22)30-25-27-15-20(39-25)24(34)31-23-17(3)8-7-9-19(23)26;5-3(6)1-2-4(7)8/h7-9,14-15H,5-6,10-13,16H2,1-4H3,(H,31,34)(H,27,28,29,30);1-2H,(H,5,6)(H,7,8)/b;2-1+. The van der Waals surface area contributed by atoms with E-state index in [1.165, 1.54) is 17.5 Å². The lowest BCUT2D eigenvalue weighted by Gasteiger charge is -2.36. The average molecular weight is 710 g/mol. The Bertz CT molecular complexity index is 1590. The van der Waals surface area contributed by atoms with E-state index in [1.54, 1.807) is 6.07 Å². The summed E-state index contributed by atoms with van der Waals surface area (Å²) in [6.45, 7) is 10.9. The maximum atomic E-state index is 12.9. The van der Waals surface area contributed by atoms with E-state index in [4.69, 9.17) is 30.9 Å². The molecule has 4 rings (SSSR count). The van der Waals surface area contributed by atoms with Crippen LogP contribution < -0.4 is 15.5 Å². The van der Waals surface area contributed by atoms with Crippen molar-refractivity contribution >= 4 is 70.8 Å². The lowest BCUT2D eigenvalue weighted by molar-refractivity contribution is -0.134. The highest BCUT2D eigenvalue weighted by atomic mass is 35.5. The minimum Gasteiger partial charge on any atom is -0.478 e. The number of para-hydroxylation sites is 1. The maximum Gasteiger partial charge on any atom is 0.344 e. The Morgan fingerprint density at radius 3 is 2.26 bits per heavy atom. The Morgan fingerprint density at radius 1 is 1.04 bits per heavy atom. The lowest BCUT2D eigenvalue weighted by atomic mass is 10.2. The summed E-state index contributed by atoms with van der Waals surface area (Å²) in [5.74, 6) is -0.822. The van der Waals surface area contributed by atoms with Gasteiger partial charge in [0, 0.05) is 44.4 Å². The van der Waals surface area contributed by atoms with Gasteiger partial charge in [0.05, 0.1) is 30.1 Å². The van der Waals surface area contributed by atoms with Crippen molar-refractivity contribution < 1.29 is 38.2 Å². The van der Waals surface area contributed by atoms with Crippen LogP contribution in [-0.2, 0) is 23.2 Å². The second-order valence-electron chi connectivity index (χ2n) is 9.90. The number of nitrogens with one attached hydrogen (secondary N) is 2. The zero-order valence-corrected chi connectivity index (χ0v) is 28.8. The van der Waals surface area contributed by atoms with Crippen molar-refractivity contribution in [1.82, 2.24) is 19.9 Å². The number of carbonyl (C=O) groups is 3. The van der Waals surface area contributed by atoms with Gasteiger partial charge in [-0.3, -0.25) is 14.3 Å². The van der Waals surface area contributed by atoms with Crippen molar-refractivity contribution in [2.45, 2.75) is 27.7 Å². The van der Waals surface area contributed by atoms with Crippen molar-refractivity contribution in [1.29, 1.82) is 0 Å². The molecule has 3 aromatic rings. The smallest absolute Gasteiger partial charge is 0.344 e. The van der Waals surface area contributed by atoms with Crippen LogP contribution in [0.2, 0.25) is 5.02 Å². The van der Waals surface area contributed by atoms with Crippen molar-refractivity contribution in [3.63, 3.8) is 0 Å². The lowest BCUT2D eigenvalue weighted by Crippen LogP contribution is -2.47. The number of halogens is 1. The van der Waals surface area contributed by atoms with Crippen molar-refractivity contribution in [3.8, 4) is 0 Å². The van der Waals surface area contributed by atoms with Crippen LogP contribution in [0, 0.1) is 13.8 Å². The third-order valence-corrected chi connectivity index (χ3v) is 9.62. The Morgan fingerprint density at radius 2 is 1.68 bits per heavy atom. The first-order valence-corrected chi connectivity index (χ1v) is 17.4. The Hall–Kier alpha value is -3.92. The van der Waals surface area contributed by atoms with Crippen LogP contribution in [0.4, 0.5) is 22.5 Å².